The number of Topliss-reactive ketones (excluding diaryl/α,β-unsaturated/α-hetero) is 1. The third-order valence-corrected chi connectivity index (χ3v) is 4.95. The van der Waals surface area contributed by atoms with Crippen LogP contribution in [0.2, 0.25) is 0 Å². The molecule has 18 heavy (non-hydrogen) atoms. The molecule has 0 amide bonds. The molecular formula is C15H18O2S. The fourth-order valence-electron chi connectivity index (χ4n) is 2.81. The van der Waals surface area contributed by atoms with E-state index in [1.54, 1.807) is 11.8 Å². The lowest BCUT2D eigenvalue weighted by Crippen LogP contribution is -2.33. The van der Waals surface area contributed by atoms with Crippen molar-refractivity contribution < 1.29 is 9.53 Å². The van der Waals surface area contributed by atoms with Crippen LogP contribution in [0.15, 0.2) is 29.2 Å². The zero-order valence-corrected chi connectivity index (χ0v) is 11.2. The second kappa shape index (κ2) is 5.35. The minimum Gasteiger partial charge on any atom is -0.481 e. The molecule has 3 heteroatoms. The van der Waals surface area contributed by atoms with Crippen molar-refractivity contribution >= 4 is 17.5 Å². The lowest BCUT2D eigenvalue weighted by atomic mass is 9.99. The first-order chi connectivity index (χ1) is 8.83. The molecule has 2 nitrogen and oxygen atoms in total. The van der Waals surface area contributed by atoms with Gasteiger partial charge in [-0.3, -0.25) is 4.79 Å². The molecule has 1 fully saturated rings. The van der Waals surface area contributed by atoms with Crippen molar-refractivity contribution in [1.29, 1.82) is 0 Å². The third-order valence-electron chi connectivity index (χ3n) is 3.83. The molecule has 1 aromatic rings. The van der Waals surface area contributed by atoms with Gasteiger partial charge in [-0.1, -0.05) is 37.8 Å². The second-order valence-corrected chi connectivity index (χ2v) is 6.25. The largest absolute Gasteiger partial charge is 0.481 e. The van der Waals surface area contributed by atoms with Crippen LogP contribution in [0.25, 0.3) is 0 Å². The summed E-state index contributed by atoms with van der Waals surface area (Å²) < 4.78 is 5.83. The molecule has 0 aromatic heterocycles. The van der Waals surface area contributed by atoms with E-state index in [-0.39, 0.29) is 6.10 Å². The van der Waals surface area contributed by atoms with E-state index in [9.17, 15) is 4.79 Å². The van der Waals surface area contributed by atoms with Crippen molar-refractivity contribution in [2.75, 3.05) is 5.75 Å². The van der Waals surface area contributed by atoms with E-state index in [0.717, 1.165) is 16.4 Å². The van der Waals surface area contributed by atoms with Crippen LogP contribution in [0.4, 0.5) is 0 Å². The van der Waals surface area contributed by atoms with E-state index in [1.165, 1.54) is 25.7 Å². The van der Waals surface area contributed by atoms with Gasteiger partial charge in [-0.2, -0.15) is 0 Å². The Kier molecular flexibility index (Phi) is 3.59. The Balaban J connectivity index is 1.62. The Bertz CT molecular complexity index is 438. The van der Waals surface area contributed by atoms with Gasteiger partial charge in [0.2, 0.25) is 0 Å². The molecule has 1 aliphatic carbocycles. The molecule has 1 heterocycles. The highest BCUT2D eigenvalue weighted by Gasteiger charge is 2.28. The van der Waals surface area contributed by atoms with E-state index < -0.39 is 0 Å². The standard InChI is InChI=1S/C15H18O2S/c16-12(9-11-5-1-2-6-11)14-10-18-15-8-4-3-7-13(15)17-14/h3-4,7-8,11,14H,1-2,5-6,9-10H2. The average Bonchev–Trinajstić information content (AvgIpc) is 2.91. The molecule has 1 atom stereocenters. The highest BCUT2D eigenvalue weighted by molar-refractivity contribution is 7.99. The predicted octanol–water partition coefficient (Wildman–Crippen LogP) is 3.69. The van der Waals surface area contributed by atoms with Gasteiger partial charge in [0.25, 0.3) is 0 Å². The molecule has 1 aliphatic heterocycles. The molecule has 0 N–H and O–H groups in total. The predicted molar refractivity (Wildman–Crippen MR) is 73.2 cm³/mol. The molecule has 1 aromatic carbocycles. The number of carbonyl (C=O) groups is 1. The fraction of sp³-hybridized carbons (Fsp3) is 0.533. The zero-order valence-electron chi connectivity index (χ0n) is 10.4. The number of ether oxygens (including phenoxy) is 1. The smallest absolute Gasteiger partial charge is 0.174 e. The second-order valence-electron chi connectivity index (χ2n) is 5.19. The fourth-order valence-corrected chi connectivity index (χ4v) is 3.83. The monoisotopic (exact) mass is 262 g/mol. The van der Waals surface area contributed by atoms with E-state index in [0.29, 0.717) is 18.1 Å². The Morgan fingerprint density at radius 3 is 2.89 bits per heavy atom. The molecule has 0 bridgehead atoms. The van der Waals surface area contributed by atoms with E-state index >= 15 is 0 Å². The third kappa shape index (κ3) is 2.56. The quantitative estimate of drug-likeness (QED) is 0.831. The highest BCUT2D eigenvalue weighted by Crippen LogP contribution is 2.36. The number of para-hydroxylation sites is 1. The molecular weight excluding hydrogens is 244 g/mol. The average molecular weight is 262 g/mol. The zero-order chi connectivity index (χ0) is 12.4. The van der Waals surface area contributed by atoms with Gasteiger partial charge in [0, 0.05) is 17.1 Å². The maximum atomic E-state index is 12.2. The molecule has 1 unspecified atom stereocenters. The van der Waals surface area contributed by atoms with E-state index in [4.69, 9.17) is 4.74 Å². The van der Waals surface area contributed by atoms with Crippen molar-refractivity contribution in [2.24, 2.45) is 5.92 Å². The Morgan fingerprint density at radius 2 is 2.06 bits per heavy atom. The van der Waals surface area contributed by atoms with Crippen molar-refractivity contribution in [1.82, 2.24) is 0 Å². The SMILES string of the molecule is O=C(CC1CCCC1)C1CSc2ccccc2O1. The first kappa shape index (κ1) is 12.1. The Morgan fingerprint density at radius 1 is 1.28 bits per heavy atom. The van der Waals surface area contributed by atoms with Crippen LogP contribution in [-0.4, -0.2) is 17.6 Å². The van der Waals surface area contributed by atoms with Crippen LogP contribution in [-0.2, 0) is 4.79 Å². The lowest BCUT2D eigenvalue weighted by Gasteiger charge is -2.25. The summed E-state index contributed by atoms with van der Waals surface area (Å²) in [5, 5.41) is 0. The Labute approximate surface area is 112 Å². The van der Waals surface area contributed by atoms with Crippen molar-refractivity contribution in [3.63, 3.8) is 0 Å². The summed E-state index contributed by atoms with van der Waals surface area (Å²) in [4.78, 5) is 13.4. The van der Waals surface area contributed by atoms with Gasteiger partial charge in [-0.15, -0.1) is 11.8 Å². The summed E-state index contributed by atoms with van der Waals surface area (Å²) in [6.45, 7) is 0. The summed E-state index contributed by atoms with van der Waals surface area (Å²) in [6, 6.07) is 7.98. The number of fused-ring (bicyclic) bond motifs is 1. The number of rotatable bonds is 3. The maximum absolute atomic E-state index is 12.2. The number of hydrogen-bond donors (Lipinski definition) is 0. The van der Waals surface area contributed by atoms with Gasteiger partial charge < -0.3 is 4.74 Å². The van der Waals surface area contributed by atoms with Gasteiger partial charge in [-0.25, -0.2) is 0 Å². The van der Waals surface area contributed by atoms with Crippen LogP contribution in [0.3, 0.4) is 0 Å². The number of carbonyl (C=O) groups excluding carboxylic acids is 1. The molecule has 0 spiro atoms. The molecule has 0 radical (unpaired) electrons. The number of ketones is 1. The molecule has 2 aliphatic rings. The summed E-state index contributed by atoms with van der Waals surface area (Å²) in [7, 11) is 0. The summed E-state index contributed by atoms with van der Waals surface area (Å²) >= 11 is 1.74. The highest BCUT2D eigenvalue weighted by atomic mass is 32.2. The van der Waals surface area contributed by atoms with E-state index in [1.807, 2.05) is 18.2 Å². The normalized spacial score (nSPS) is 23.4. The number of hydrogen-bond acceptors (Lipinski definition) is 3. The van der Waals surface area contributed by atoms with Crippen molar-refractivity contribution in [3.05, 3.63) is 24.3 Å². The Hall–Kier alpha value is -0.960. The topological polar surface area (TPSA) is 26.3 Å². The van der Waals surface area contributed by atoms with Gasteiger partial charge >= 0.3 is 0 Å². The minimum atomic E-state index is -0.231. The first-order valence-electron chi connectivity index (χ1n) is 6.74. The lowest BCUT2D eigenvalue weighted by molar-refractivity contribution is -0.126. The summed E-state index contributed by atoms with van der Waals surface area (Å²) in [5.74, 6) is 2.55. The maximum Gasteiger partial charge on any atom is 0.174 e. The molecule has 3 rings (SSSR count). The summed E-state index contributed by atoms with van der Waals surface area (Å²) in [5.41, 5.74) is 0. The molecule has 96 valence electrons. The molecule has 0 saturated heterocycles. The number of benzene rings is 1. The number of thioether (sulfide) groups is 1. The van der Waals surface area contributed by atoms with Crippen LogP contribution >= 0.6 is 11.8 Å². The van der Waals surface area contributed by atoms with Gasteiger partial charge in [0.15, 0.2) is 11.9 Å². The van der Waals surface area contributed by atoms with Crippen LogP contribution in [0.5, 0.6) is 5.75 Å². The van der Waals surface area contributed by atoms with E-state index in [2.05, 4.69) is 6.07 Å². The van der Waals surface area contributed by atoms with Crippen LogP contribution in [0, 0.1) is 5.92 Å². The first-order valence-corrected chi connectivity index (χ1v) is 7.72. The van der Waals surface area contributed by atoms with Gasteiger partial charge in [-0.05, 0) is 18.1 Å². The van der Waals surface area contributed by atoms with Crippen molar-refractivity contribution in [2.45, 2.75) is 43.1 Å². The van der Waals surface area contributed by atoms with Gasteiger partial charge in [0.05, 0.1) is 0 Å². The van der Waals surface area contributed by atoms with Crippen LogP contribution in [0.1, 0.15) is 32.1 Å². The molecule has 1 saturated carbocycles. The minimum absolute atomic E-state index is 0.231. The van der Waals surface area contributed by atoms with Gasteiger partial charge in [0.1, 0.15) is 5.75 Å². The van der Waals surface area contributed by atoms with Crippen LogP contribution < -0.4 is 4.74 Å². The summed E-state index contributed by atoms with van der Waals surface area (Å²) in [6.07, 6.45) is 5.52. The van der Waals surface area contributed by atoms with Crippen molar-refractivity contribution in [3.8, 4) is 5.75 Å².